The summed E-state index contributed by atoms with van der Waals surface area (Å²) in [6.07, 6.45) is -1.65. The first kappa shape index (κ1) is 12.9. The largest absolute Gasteiger partial charge is 0.573 e. The van der Waals surface area contributed by atoms with Gasteiger partial charge in [-0.25, -0.2) is 0 Å². The molecule has 2 nitrogen and oxygen atoms in total. The number of hydrogen-bond donors (Lipinski definition) is 0. The van der Waals surface area contributed by atoms with Crippen LogP contribution < -0.4 is 4.74 Å². The van der Waals surface area contributed by atoms with E-state index in [2.05, 4.69) is 4.74 Å². The van der Waals surface area contributed by atoms with Crippen LogP contribution in [0.25, 0.3) is 0 Å². The van der Waals surface area contributed by atoms with Gasteiger partial charge in [0, 0.05) is 12.3 Å². The molecule has 0 heterocycles. The number of alkyl halides is 3. The Morgan fingerprint density at radius 3 is 2.39 bits per heavy atom. The molecular weight excluding hydrogens is 245 g/mol. The molecule has 0 amide bonds. The van der Waals surface area contributed by atoms with Crippen molar-refractivity contribution in [3.63, 3.8) is 0 Å². The van der Waals surface area contributed by atoms with Gasteiger partial charge >= 0.3 is 6.36 Å². The van der Waals surface area contributed by atoms with Crippen molar-refractivity contribution in [2.75, 3.05) is 0 Å². The molecule has 5 heteroatoms. The van der Waals surface area contributed by atoms with Crippen molar-refractivity contribution in [2.45, 2.75) is 32.0 Å². The van der Waals surface area contributed by atoms with Crippen molar-refractivity contribution in [1.82, 2.24) is 0 Å². The van der Waals surface area contributed by atoms with Crippen molar-refractivity contribution < 1.29 is 22.7 Å². The lowest BCUT2D eigenvalue weighted by atomic mass is 9.97. The molecule has 1 aliphatic rings. The van der Waals surface area contributed by atoms with Crippen LogP contribution in [0.4, 0.5) is 13.2 Å². The first-order valence-corrected chi connectivity index (χ1v) is 5.81. The lowest BCUT2D eigenvalue weighted by Crippen LogP contribution is -2.17. The van der Waals surface area contributed by atoms with Crippen LogP contribution >= 0.6 is 0 Å². The summed E-state index contributed by atoms with van der Waals surface area (Å²) in [4.78, 5) is 11.5. The molecule has 0 bridgehead atoms. The normalized spacial score (nSPS) is 20.2. The number of benzene rings is 1. The summed E-state index contributed by atoms with van der Waals surface area (Å²) in [6, 6.07) is 5.71. The quantitative estimate of drug-likeness (QED) is 0.829. The van der Waals surface area contributed by atoms with Crippen LogP contribution in [0.5, 0.6) is 5.75 Å². The summed E-state index contributed by atoms with van der Waals surface area (Å²) in [5.74, 6) is 0.0500. The minimum absolute atomic E-state index is 0.0272. The number of ether oxygens (including phenoxy) is 1. The monoisotopic (exact) mass is 258 g/mol. The van der Waals surface area contributed by atoms with E-state index in [1.165, 1.54) is 12.1 Å². The molecule has 1 atom stereocenters. The third-order valence-electron chi connectivity index (χ3n) is 3.07. The molecular formula is C13H13F3O2. The molecule has 0 aliphatic heterocycles. The first-order chi connectivity index (χ1) is 8.44. The molecule has 2 rings (SSSR count). The highest BCUT2D eigenvalue weighted by Crippen LogP contribution is 2.27. The minimum Gasteiger partial charge on any atom is -0.406 e. The second-order valence-corrected chi connectivity index (χ2v) is 4.45. The third kappa shape index (κ3) is 3.48. The fourth-order valence-corrected chi connectivity index (χ4v) is 2.22. The average Bonchev–Trinajstić information content (AvgIpc) is 2.65. The summed E-state index contributed by atoms with van der Waals surface area (Å²) < 4.78 is 39.6. The van der Waals surface area contributed by atoms with Gasteiger partial charge in [-0.3, -0.25) is 4.79 Å². The fourth-order valence-electron chi connectivity index (χ4n) is 2.22. The number of Topliss-reactive ketones (excluding diaryl/α,β-unsaturated/α-hetero) is 1. The van der Waals surface area contributed by atoms with Crippen LogP contribution in [0.3, 0.4) is 0 Å². The highest BCUT2D eigenvalue weighted by atomic mass is 19.4. The average molecular weight is 258 g/mol. The van der Waals surface area contributed by atoms with E-state index in [4.69, 9.17) is 0 Å². The van der Waals surface area contributed by atoms with Crippen molar-refractivity contribution in [3.05, 3.63) is 29.8 Å². The van der Waals surface area contributed by atoms with Gasteiger partial charge < -0.3 is 4.74 Å². The van der Waals surface area contributed by atoms with E-state index in [0.29, 0.717) is 12.8 Å². The lowest BCUT2D eigenvalue weighted by Gasteiger charge is -2.11. The van der Waals surface area contributed by atoms with E-state index in [1.807, 2.05) is 0 Å². The van der Waals surface area contributed by atoms with Crippen molar-refractivity contribution in [1.29, 1.82) is 0 Å². The maximum Gasteiger partial charge on any atom is 0.573 e. The van der Waals surface area contributed by atoms with Crippen LogP contribution in [0.1, 0.15) is 24.8 Å². The van der Waals surface area contributed by atoms with E-state index >= 15 is 0 Å². The van der Waals surface area contributed by atoms with E-state index < -0.39 is 6.36 Å². The zero-order chi connectivity index (χ0) is 13.2. The Morgan fingerprint density at radius 1 is 1.22 bits per heavy atom. The molecule has 1 aromatic rings. The van der Waals surface area contributed by atoms with Gasteiger partial charge in [0.15, 0.2) is 0 Å². The molecule has 0 radical (unpaired) electrons. The highest BCUT2D eigenvalue weighted by Gasteiger charge is 2.31. The molecule has 1 fully saturated rings. The second-order valence-electron chi connectivity index (χ2n) is 4.45. The lowest BCUT2D eigenvalue weighted by molar-refractivity contribution is -0.274. The molecule has 1 unspecified atom stereocenters. The number of carbonyl (C=O) groups excluding carboxylic acids is 1. The predicted molar refractivity (Wildman–Crippen MR) is 59.2 cm³/mol. The first-order valence-electron chi connectivity index (χ1n) is 5.81. The van der Waals surface area contributed by atoms with Gasteiger partial charge in [-0.2, -0.15) is 0 Å². The van der Waals surface area contributed by atoms with E-state index in [0.717, 1.165) is 18.4 Å². The topological polar surface area (TPSA) is 26.3 Å². The van der Waals surface area contributed by atoms with E-state index in [-0.39, 0.29) is 17.5 Å². The van der Waals surface area contributed by atoms with Crippen LogP contribution in [0.2, 0.25) is 0 Å². The standard InChI is InChI=1S/C13H13F3O2/c14-13(15,16)18-11-6-4-9(5-7-11)8-10-2-1-3-12(10)17/h4-7,10H,1-3,8H2. The molecule has 18 heavy (non-hydrogen) atoms. The molecule has 0 spiro atoms. The Kier molecular flexibility index (Phi) is 3.59. The maximum atomic E-state index is 12.0. The van der Waals surface area contributed by atoms with Gasteiger partial charge in [0.2, 0.25) is 0 Å². The third-order valence-corrected chi connectivity index (χ3v) is 3.07. The molecule has 1 saturated carbocycles. The van der Waals surface area contributed by atoms with Crippen LogP contribution in [-0.4, -0.2) is 12.1 Å². The van der Waals surface area contributed by atoms with Gasteiger partial charge in [-0.15, -0.1) is 13.2 Å². The zero-order valence-corrected chi connectivity index (χ0v) is 9.67. The van der Waals surface area contributed by atoms with Gasteiger partial charge in [-0.05, 0) is 37.0 Å². The van der Waals surface area contributed by atoms with Crippen LogP contribution in [0, 0.1) is 5.92 Å². The molecule has 98 valence electrons. The Bertz CT molecular complexity index is 423. The Morgan fingerprint density at radius 2 is 1.89 bits per heavy atom. The molecule has 0 N–H and O–H groups in total. The minimum atomic E-state index is -4.66. The van der Waals surface area contributed by atoms with Crippen molar-refractivity contribution in [2.24, 2.45) is 5.92 Å². The number of ketones is 1. The maximum absolute atomic E-state index is 12.0. The van der Waals surface area contributed by atoms with Crippen LogP contribution in [0.15, 0.2) is 24.3 Å². The predicted octanol–water partition coefficient (Wildman–Crippen LogP) is 3.50. The fraction of sp³-hybridized carbons (Fsp3) is 0.462. The highest BCUT2D eigenvalue weighted by molar-refractivity contribution is 5.83. The van der Waals surface area contributed by atoms with Gasteiger partial charge in [0.25, 0.3) is 0 Å². The summed E-state index contributed by atoms with van der Waals surface area (Å²) in [5.41, 5.74) is 0.866. The summed E-state index contributed by atoms with van der Waals surface area (Å²) >= 11 is 0. The van der Waals surface area contributed by atoms with Crippen LogP contribution in [-0.2, 0) is 11.2 Å². The van der Waals surface area contributed by atoms with E-state index in [1.54, 1.807) is 12.1 Å². The Balaban J connectivity index is 1.97. The number of hydrogen-bond acceptors (Lipinski definition) is 2. The number of rotatable bonds is 3. The van der Waals surface area contributed by atoms with Gasteiger partial charge in [-0.1, -0.05) is 12.1 Å². The molecule has 0 saturated heterocycles. The molecule has 1 aliphatic carbocycles. The number of halogens is 3. The second kappa shape index (κ2) is 5.00. The number of carbonyl (C=O) groups is 1. The SMILES string of the molecule is O=C1CCCC1Cc1ccc(OC(F)(F)F)cc1. The van der Waals surface area contributed by atoms with E-state index in [9.17, 15) is 18.0 Å². The Hall–Kier alpha value is -1.52. The Labute approximate surface area is 103 Å². The summed E-state index contributed by atoms with van der Waals surface area (Å²) in [5, 5.41) is 0. The zero-order valence-electron chi connectivity index (χ0n) is 9.67. The molecule has 1 aromatic carbocycles. The van der Waals surface area contributed by atoms with Crippen molar-refractivity contribution >= 4 is 5.78 Å². The summed E-state index contributed by atoms with van der Waals surface area (Å²) in [6.45, 7) is 0. The van der Waals surface area contributed by atoms with Gasteiger partial charge in [0.1, 0.15) is 11.5 Å². The van der Waals surface area contributed by atoms with Gasteiger partial charge in [0.05, 0.1) is 0 Å². The smallest absolute Gasteiger partial charge is 0.406 e. The summed E-state index contributed by atoms with van der Waals surface area (Å²) in [7, 11) is 0. The van der Waals surface area contributed by atoms with Crippen molar-refractivity contribution in [3.8, 4) is 5.75 Å². The molecule has 0 aromatic heterocycles.